The molecule has 12 nitrogen and oxygen atoms in total. The van der Waals surface area contributed by atoms with Gasteiger partial charge in [0.2, 0.25) is 0 Å². The van der Waals surface area contributed by atoms with E-state index in [9.17, 15) is 34.1 Å². The van der Waals surface area contributed by atoms with Gasteiger partial charge in [-0.3, -0.25) is 19.3 Å². The van der Waals surface area contributed by atoms with Gasteiger partial charge in [0.15, 0.2) is 5.78 Å². The number of piperazine rings is 1. The minimum absolute atomic E-state index is 0.00635. The summed E-state index contributed by atoms with van der Waals surface area (Å²) in [4.78, 5) is 63.0. The third-order valence-electron chi connectivity index (χ3n) is 5.77. The van der Waals surface area contributed by atoms with Crippen LogP contribution in [0.5, 0.6) is 5.75 Å². The Morgan fingerprint density at radius 1 is 1.27 bits per heavy atom. The highest BCUT2D eigenvalue weighted by atomic mass is 16.5. The van der Waals surface area contributed by atoms with Crippen molar-refractivity contribution in [3.8, 4) is 5.75 Å². The summed E-state index contributed by atoms with van der Waals surface area (Å²) >= 11 is 0. The van der Waals surface area contributed by atoms with Gasteiger partial charge < -0.3 is 30.7 Å². The molecule has 0 radical (unpaired) electrons. The number of nitrogens with zero attached hydrogens (tertiary/aromatic N) is 2. The molecule has 33 heavy (non-hydrogen) atoms. The van der Waals surface area contributed by atoms with Crippen molar-refractivity contribution in [1.82, 2.24) is 15.1 Å². The molecule has 0 spiro atoms. The zero-order valence-electron chi connectivity index (χ0n) is 18.0. The standard InChI is InChI=1S/C20H25BN4O8/c1-2-24-6-7-25(18(28)17(24)27)20(31)23-14(10-22)15(26)9-12-8-11-4-3-5-13(19(29)30)16(11)33-21(12)32/h3-5,12,14,32H,2,6-10,22H2,1H3,(H,23,31)(H,29,30)/t12-,14-/m1/s1. The summed E-state index contributed by atoms with van der Waals surface area (Å²) < 4.78 is 5.38. The molecular formula is C20H25BN4O8. The van der Waals surface area contributed by atoms with Crippen molar-refractivity contribution >= 4 is 36.7 Å². The first-order chi connectivity index (χ1) is 15.7. The van der Waals surface area contributed by atoms with E-state index >= 15 is 0 Å². The van der Waals surface area contributed by atoms with Gasteiger partial charge in [-0.1, -0.05) is 12.1 Å². The van der Waals surface area contributed by atoms with Crippen molar-refractivity contribution in [2.75, 3.05) is 26.2 Å². The lowest BCUT2D eigenvalue weighted by molar-refractivity contribution is -0.153. The number of benzene rings is 1. The van der Waals surface area contributed by atoms with E-state index in [1.165, 1.54) is 11.0 Å². The van der Waals surface area contributed by atoms with Crippen LogP contribution in [0.15, 0.2) is 18.2 Å². The number of likely N-dealkylation sites (N-methyl/N-ethyl adjacent to an activating group) is 1. The van der Waals surface area contributed by atoms with Gasteiger partial charge >= 0.3 is 30.9 Å². The molecule has 1 fully saturated rings. The monoisotopic (exact) mass is 460 g/mol. The number of aromatic carboxylic acids is 1. The van der Waals surface area contributed by atoms with Crippen LogP contribution < -0.4 is 15.7 Å². The summed E-state index contributed by atoms with van der Waals surface area (Å²) in [7, 11) is -1.43. The predicted octanol–water partition coefficient (Wildman–Crippen LogP) is -1.14. The fourth-order valence-electron chi connectivity index (χ4n) is 3.89. The molecular weight excluding hydrogens is 435 g/mol. The van der Waals surface area contributed by atoms with E-state index in [1.54, 1.807) is 19.1 Å². The summed E-state index contributed by atoms with van der Waals surface area (Å²) in [5, 5.41) is 22.0. The second-order valence-corrected chi connectivity index (χ2v) is 7.82. The van der Waals surface area contributed by atoms with E-state index < -0.39 is 48.6 Å². The molecule has 13 heteroatoms. The average molecular weight is 460 g/mol. The molecule has 0 unspecified atom stereocenters. The van der Waals surface area contributed by atoms with Crippen molar-refractivity contribution in [2.45, 2.75) is 31.6 Å². The Balaban J connectivity index is 1.65. The van der Waals surface area contributed by atoms with Gasteiger partial charge in [-0.05, 0) is 25.0 Å². The van der Waals surface area contributed by atoms with E-state index in [0.29, 0.717) is 12.1 Å². The van der Waals surface area contributed by atoms with E-state index in [-0.39, 0.29) is 43.8 Å². The Morgan fingerprint density at radius 2 is 2.00 bits per heavy atom. The van der Waals surface area contributed by atoms with Gasteiger partial charge in [-0.25, -0.2) is 9.59 Å². The maximum absolute atomic E-state index is 12.8. The number of urea groups is 1. The largest absolute Gasteiger partial charge is 0.535 e. The fraction of sp³-hybridized carbons (Fsp3) is 0.450. The van der Waals surface area contributed by atoms with Crippen LogP contribution >= 0.6 is 0 Å². The normalized spacial score (nSPS) is 19.0. The maximum atomic E-state index is 12.8. The minimum atomic E-state index is -1.43. The second kappa shape index (κ2) is 10.0. The molecule has 3 rings (SSSR count). The Bertz CT molecular complexity index is 987. The Morgan fingerprint density at radius 3 is 2.64 bits per heavy atom. The van der Waals surface area contributed by atoms with Gasteiger partial charge in [0, 0.05) is 38.4 Å². The number of carboxylic acid groups (broad SMARTS) is 1. The number of hydrogen-bond acceptors (Lipinski definition) is 8. The minimum Gasteiger partial charge on any atom is -0.535 e. The van der Waals surface area contributed by atoms with Crippen molar-refractivity contribution in [1.29, 1.82) is 0 Å². The number of carbonyl (C=O) groups excluding carboxylic acids is 4. The molecule has 2 atom stereocenters. The second-order valence-electron chi connectivity index (χ2n) is 7.82. The lowest BCUT2D eigenvalue weighted by atomic mass is 9.64. The van der Waals surface area contributed by atoms with Crippen molar-refractivity contribution in [3.63, 3.8) is 0 Å². The zero-order valence-corrected chi connectivity index (χ0v) is 18.0. The first-order valence-corrected chi connectivity index (χ1v) is 10.5. The number of Topliss-reactive ketones (excluding diaryl/α,β-unsaturated/α-hetero) is 1. The van der Waals surface area contributed by atoms with Crippen LogP contribution in [-0.4, -0.2) is 88.9 Å². The molecule has 5 N–H and O–H groups in total. The van der Waals surface area contributed by atoms with Crippen LogP contribution in [0.25, 0.3) is 0 Å². The van der Waals surface area contributed by atoms with Crippen LogP contribution in [0.2, 0.25) is 5.82 Å². The molecule has 4 amide bonds. The van der Waals surface area contributed by atoms with Crippen LogP contribution in [-0.2, 0) is 20.8 Å². The average Bonchev–Trinajstić information content (AvgIpc) is 2.78. The number of carbonyl (C=O) groups is 5. The lowest BCUT2D eigenvalue weighted by Crippen LogP contribution is -2.60. The predicted molar refractivity (Wildman–Crippen MR) is 114 cm³/mol. The number of rotatable bonds is 7. The van der Waals surface area contributed by atoms with Crippen LogP contribution in [0.1, 0.15) is 29.3 Å². The van der Waals surface area contributed by atoms with E-state index in [2.05, 4.69) is 5.32 Å². The van der Waals surface area contributed by atoms with Crippen LogP contribution in [0, 0.1) is 0 Å². The molecule has 0 aliphatic carbocycles. The number of para-hydroxylation sites is 1. The summed E-state index contributed by atoms with van der Waals surface area (Å²) in [5.74, 6) is -4.12. The fourth-order valence-corrected chi connectivity index (χ4v) is 3.89. The molecule has 2 heterocycles. The quantitative estimate of drug-likeness (QED) is 0.289. The van der Waals surface area contributed by atoms with E-state index in [1.807, 2.05) is 0 Å². The van der Waals surface area contributed by atoms with Crippen molar-refractivity contribution < 1.29 is 38.8 Å². The van der Waals surface area contributed by atoms with E-state index in [4.69, 9.17) is 10.4 Å². The van der Waals surface area contributed by atoms with Gasteiger partial charge in [-0.15, -0.1) is 0 Å². The topological polar surface area (TPSA) is 180 Å². The summed E-state index contributed by atoms with van der Waals surface area (Å²) in [6.45, 7) is 1.98. The molecule has 2 aliphatic rings. The third kappa shape index (κ3) is 4.99. The number of amides is 4. The van der Waals surface area contributed by atoms with Gasteiger partial charge in [0.05, 0.1) is 5.56 Å². The summed E-state index contributed by atoms with van der Waals surface area (Å²) in [6, 6.07) is 2.49. The van der Waals surface area contributed by atoms with Crippen molar-refractivity contribution in [2.24, 2.45) is 5.73 Å². The number of ketones is 1. The SMILES string of the molecule is CCN1CCN(C(=O)N[C@H](CN)C(=O)C[C@H]2Cc3cccc(C(=O)O)c3OB2O)C(=O)C1=O. The van der Waals surface area contributed by atoms with Gasteiger partial charge in [0.25, 0.3) is 0 Å². The van der Waals surface area contributed by atoms with Gasteiger partial charge in [0.1, 0.15) is 11.8 Å². The smallest absolute Gasteiger partial charge is 0.526 e. The number of fused-ring (bicyclic) bond motifs is 1. The van der Waals surface area contributed by atoms with Crippen LogP contribution in [0.3, 0.4) is 0 Å². The first kappa shape index (κ1) is 24.2. The highest BCUT2D eigenvalue weighted by Gasteiger charge is 2.40. The molecule has 1 aromatic rings. The molecule has 0 bridgehead atoms. The molecule has 0 aromatic heterocycles. The summed E-state index contributed by atoms with van der Waals surface area (Å²) in [6.07, 6.45) is -0.0306. The summed E-state index contributed by atoms with van der Waals surface area (Å²) in [5.41, 5.74) is 6.09. The molecule has 1 saturated heterocycles. The highest BCUT2D eigenvalue weighted by Crippen LogP contribution is 2.36. The highest BCUT2D eigenvalue weighted by molar-refractivity contribution is 6.47. The first-order valence-electron chi connectivity index (χ1n) is 10.5. The molecule has 176 valence electrons. The van der Waals surface area contributed by atoms with E-state index in [0.717, 1.165) is 4.90 Å². The Kier molecular flexibility index (Phi) is 7.34. The zero-order chi connectivity index (χ0) is 24.3. The number of hydrogen-bond donors (Lipinski definition) is 4. The molecule has 1 aromatic carbocycles. The third-order valence-corrected chi connectivity index (χ3v) is 5.77. The van der Waals surface area contributed by atoms with Crippen LogP contribution in [0.4, 0.5) is 4.79 Å². The Hall–Kier alpha value is -3.45. The lowest BCUT2D eigenvalue weighted by Gasteiger charge is -2.33. The molecule has 2 aliphatic heterocycles. The van der Waals surface area contributed by atoms with Gasteiger partial charge in [-0.2, -0.15) is 0 Å². The molecule has 0 saturated carbocycles. The number of carboxylic acids is 1. The Labute approximate surface area is 189 Å². The number of imide groups is 1. The maximum Gasteiger partial charge on any atom is 0.526 e. The number of nitrogens with two attached hydrogens (primary N) is 1. The number of nitrogens with one attached hydrogen (secondary N) is 1. The van der Waals surface area contributed by atoms with Crippen molar-refractivity contribution in [3.05, 3.63) is 29.3 Å².